The van der Waals surface area contributed by atoms with Crippen LogP contribution in [0.5, 0.6) is 0 Å². The summed E-state index contributed by atoms with van der Waals surface area (Å²) in [6.45, 7) is 1.09. The van der Waals surface area contributed by atoms with E-state index in [1.165, 1.54) is 22.6 Å². The fourth-order valence-corrected chi connectivity index (χ4v) is 3.81. The van der Waals surface area contributed by atoms with Crippen molar-refractivity contribution in [2.45, 2.75) is 75.6 Å². The number of aliphatic hydroxyl groups excluding tert-OH is 2. The molecule has 2 rings (SSSR count). The third-order valence-electron chi connectivity index (χ3n) is 5.13. The number of aromatic amines is 1. The Labute approximate surface area is 184 Å². The normalized spacial score (nSPS) is 30.2. The average Bonchev–Trinajstić information content (AvgIpc) is 2.91. The van der Waals surface area contributed by atoms with Gasteiger partial charge in [0.2, 0.25) is 5.72 Å². The number of aliphatic hydroxyl groups is 4. The second kappa shape index (κ2) is 10.1. The number of alkyl halides is 1. The molecular weight excluding hydrogens is 520 g/mol. The van der Waals surface area contributed by atoms with Crippen LogP contribution >= 0.6 is 22.6 Å². The predicted octanol–water partition coefficient (Wildman–Crippen LogP) is -0.468. The van der Waals surface area contributed by atoms with Gasteiger partial charge in [0, 0.05) is 6.20 Å². The van der Waals surface area contributed by atoms with E-state index in [9.17, 15) is 39.6 Å². The van der Waals surface area contributed by atoms with Crippen LogP contribution in [-0.4, -0.2) is 71.1 Å². The minimum absolute atomic E-state index is 0.106. The first-order valence-electron chi connectivity index (χ1n) is 9.60. The highest BCUT2D eigenvalue weighted by Gasteiger charge is 2.71. The number of nitrogens with zero attached hydrogens (tertiary/aromatic N) is 2. The van der Waals surface area contributed by atoms with Gasteiger partial charge in [-0.25, -0.2) is 13.8 Å². The summed E-state index contributed by atoms with van der Waals surface area (Å²) in [5.74, 6) is -3.23. The van der Waals surface area contributed by atoms with E-state index < -0.39 is 48.0 Å². The van der Waals surface area contributed by atoms with E-state index >= 15 is 0 Å². The highest BCUT2D eigenvalue weighted by molar-refractivity contribution is 14.1. The van der Waals surface area contributed by atoms with Crippen LogP contribution in [0.15, 0.2) is 15.8 Å². The van der Waals surface area contributed by atoms with Crippen molar-refractivity contribution < 1.29 is 34.8 Å². The lowest BCUT2D eigenvalue weighted by Crippen LogP contribution is -2.69. The fourth-order valence-electron chi connectivity index (χ4n) is 3.39. The zero-order valence-corrected chi connectivity index (χ0v) is 18.5. The fraction of sp³-hybridized carbons (Fsp3) is 0.765. The molecular formula is C17H27FIN3O8. The monoisotopic (exact) mass is 547 g/mol. The topological polar surface area (TPSA) is 168 Å². The first-order valence-corrected chi connectivity index (χ1v) is 10.7. The van der Waals surface area contributed by atoms with Gasteiger partial charge in [0.15, 0.2) is 6.30 Å². The van der Waals surface area contributed by atoms with E-state index in [1.807, 2.05) is 11.9 Å². The molecule has 0 aliphatic carbocycles. The zero-order valence-electron chi connectivity index (χ0n) is 16.4. The van der Waals surface area contributed by atoms with Crippen molar-refractivity contribution in [2.75, 3.05) is 6.61 Å². The summed E-state index contributed by atoms with van der Waals surface area (Å²) in [6.07, 6.45) is -1.75. The lowest BCUT2D eigenvalue weighted by molar-refractivity contribution is -0.428. The van der Waals surface area contributed by atoms with Gasteiger partial charge in [-0.15, -0.1) is 5.06 Å². The van der Waals surface area contributed by atoms with E-state index in [4.69, 9.17) is 4.74 Å². The summed E-state index contributed by atoms with van der Waals surface area (Å²) in [7, 11) is 0. The predicted molar refractivity (Wildman–Crippen MR) is 109 cm³/mol. The molecule has 0 bridgehead atoms. The largest absolute Gasteiger partial charge is 0.394 e. The van der Waals surface area contributed by atoms with Gasteiger partial charge >= 0.3 is 11.6 Å². The molecule has 0 radical (unpaired) electrons. The Balaban J connectivity index is 2.41. The lowest BCUT2D eigenvalue weighted by atomic mass is 10.00. The molecule has 11 nitrogen and oxygen atoms in total. The van der Waals surface area contributed by atoms with Crippen LogP contribution in [0.3, 0.4) is 0 Å². The Morgan fingerprint density at radius 2 is 1.97 bits per heavy atom. The minimum atomic E-state index is -3.28. The molecule has 1 saturated heterocycles. The number of unbranched alkanes of at least 4 members (excludes halogenated alkanes) is 4. The maximum atomic E-state index is 14.7. The Bertz CT molecular complexity index is 838. The number of hydroxylamine groups is 2. The van der Waals surface area contributed by atoms with Crippen molar-refractivity contribution in [1.82, 2.24) is 14.6 Å². The maximum Gasteiger partial charge on any atom is 0.332 e. The SMILES string of the molecule is CCCCCCCC(F)N(O)[C@@]1(O)[C@H](O)[C@@H](CO)O[C@]1(O)n1cc(I)c(=O)[nH]c1=O. The van der Waals surface area contributed by atoms with Crippen LogP contribution in [0.25, 0.3) is 0 Å². The molecule has 0 aromatic carbocycles. The number of nitrogens with one attached hydrogen (secondary N) is 1. The number of hydrogen-bond donors (Lipinski definition) is 6. The lowest BCUT2D eigenvalue weighted by Gasteiger charge is -2.43. The zero-order chi connectivity index (χ0) is 22.7. The van der Waals surface area contributed by atoms with E-state index in [-0.39, 0.29) is 15.1 Å². The quantitative estimate of drug-likeness (QED) is 0.0746. The second-order valence-corrected chi connectivity index (χ2v) is 8.37. The van der Waals surface area contributed by atoms with Crippen molar-refractivity contribution in [3.8, 4) is 0 Å². The highest BCUT2D eigenvalue weighted by Crippen LogP contribution is 2.44. The standard InChI is InChI=1S/C17H27FIN3O8/c1-2-3-4-5-6-7-12(18)22(29)16(27)13(24)11(9-23)30-17(16,28)21-8-10(19)14(25)20-15(21)26/h8,11-13,23-24,27-29H,2-7,9H2,1H3,(H,20,25,26)/t11-,12?,13-,16-,17+/m1/s1. The van der Waals surface area contributed by atoms with E-state index in [2.05, 4.69) is 0 Å². The van der Waals surface area contributed by atoms with Crippen LogP contribution in [0.2, 0.25) is 0 Å². The van der Waals surface area contributed by atoms with Crippen molar-refractivity contribution in [1.29, 1.82) is 0 Å². The van der Waals surface area contributed by atoms with Crippen LogP contribution in [0.1, 0.15) is 45.4 Å². The van der Waals surface area contributed by atoms with E-state index in [0.29, 0.717) is 17.4 Å². The van der Waals surface area contributed by atoms with Crippen LogP contribution < -0.4 is 11.2 Å². The molecule has 30 heavy (non-hydrogen) atoms. The summed E-state index contributed by atoms with van der Waals surface area (Å²) < 4.78 is 20.0. The third-order valence-corrected chi connectivity index (χ3v) is 5.89. The van der Waals surface area contributed by atoms with Gasteiger partial charge in [-0.05, 0) is 35.4 Å². The number of ether oxygens (including phenoxy) is 1. The number of halogens is 2. The first-order chi connectivity index (χ1) is 14.0. The second-order valence-electron chi connectivity index (χ2n) is 7.21. The molecule has 1 aromatic heterocycles. The van der Waals surface area contributed by atoms with Gasteiger partial charge in [-0.2, -0.15) is 0 Å². The number of rotatable bonds is 10. The summed E-state index contributed by atoms with van der Waals surface area (Å²) >= 11 is 1.54. The molecule has 1 aromatic rings. The van der Waals surface area contributed by atoms with Gasteiger partial charge in [0.25, 0.3) is 5.56 Å². The van der Waals surface area contributed by atoms with Gasteiger partial charge in [0.1, 0.15) is 12.2 Å². The molecule has 1 fully saturated rings. The molecule has 0 spiro atoms. The highest BCUT2D eigenvalue weighted by atomic mass is 127. The van der Waals surface area contributed by atoms with Crippen molar-refractivity contribution in [2.24, 2.45) is 0 Å². The Morgan fingerprint density at radius 3 is 2.57 bits per heavy atom. The van der Waals surface area contributed by atoms with Crippen LogP contribution in [0, 0.1) is 3.57 Å². The molecule has 172 valence electrons. The van der Waals surface area contributed by atoms with Crippen LogP contribution in [-0.2, 0) is 10.6 Å². The molecule has 5 atom stereocenters. The molecule has 13 heteroatoms. The molecule has 6 N–H and O–H groups in total. The summed E-state index contributed by atoms with van der Waals surface area (Å²) in [5, 5.41) is 52.0. The average molecular weight is 547 g/mol. The summed E-state index contributed by atoms with van der Waals surface area (Å²) in [5.41, 5.74) is -5.33. The molecule has 1 unspecified atom stereocenters. The first kappa shape index (κ1) is 25.3. The van der Waals surface area contributed by atoms with Crippen molar-refractivity contribution in [3.05, 3.63) is 30.6 Å². The smallest absolute Gasteiger partial charge is 0.332 e. The molecule has 1 aliphatic heterocycles. The third kappa shape index (κ3) is 4.48. The molecule has 2 heterocycles. The Kier molecular flexibility index (Phi) is 8.54. The molecule has 0 saturated carbocycles. The summed E-state index contributed by atoms with van der Waals surface area (Å²) in [6, 6.07) is 0. The van der Waals surface area contributed by atoms with Crippen molar-refractivity contribution in [3.63, 3.8) is 0 Å². The van der Waals surface area contributed by atoms with Gasteiger partial charge < -0.3 is 30.4 Å². The van der Waals surface area contributed by atoms with E-state index in [0.717, 1.165) is 25.5 Å². The number of H-pyrrole nitrogens is 1. The Hall–Kier alpha value is -0.940. The molecule has 1 aliphatic rings. The Morgan fingerprint density at radius 1 is 1.33 bits per heavy atom. The van der Waals surface area contributed by atoms with E-state index in [1.54, 1.807) is 0 Å². The maximum absolute atomic E-state index is 14.7. The van der Waals surface area contributed by atoms with Gasteiger partial charge in [0.05, 0.1) is 10.2 Å². The minimum Gasteiger partial charge on any atom is -0.394 e. The van der Waals surface area contributed by atoms with Gasteiger partial charge in [-0.1, -0.05) is 32.6 Å². The molecule has 0 amide bonds. The van der Waals surface area contributed by atoms with Crippen molar-refractivity contribution >= 4 is 22.6 Å². The van der Waals surface area contributed by atoms with Gasteiger partial charge in [-0.3, -0.25) is 9.78 Å². The summed E-state index contributed by atoms with van der Waals surface area (Å²) in [4.78, 5) is 25.7. The van der Waals surface area contributed by atoms with Crippen LogP contribution in [0.4, 0.5) is 4.39 Å². The number of hydrogen-bond acceptors (Lipinski definition) is 9. The number of aromatic nitrogens is 2.